The molecule has 0 atom stereocenters. The van der Waals surface area contributed by atoms with Crippen LogP contribution >= 0.6 is 11.6 Å². The molecule has 0 unspecified atom stereocenters. The number of nitrogens with zero attached hydrogens (tertiary/aromatic N) is 3. The zero-order valence-corrected chi connectivity index (χ0v) is 8.23. The van der Waals surface area contributed by atoms with Crippen LogP contribution in [0.15, 0.2) is 24.4 Å². The van der Waals surface area contributed by atoms with Gasteiger partial charge in [-0.1, -0.05) is 11.6 Å². The second-order valence-corrected chi connectivity index (χ2v) is 3.21. The number of hydrogen-bond donors (Lipinski definition) is 1. The Morgan fingerprint density at radius 2 is 2.29 bits per heavy atom. The molecular weight excluding hydrogens is 202 g/mol. The van der Waals surface area contributed by atoms with Gasteiger partial charge in [0, 0.05) is 24.9 Å². The van der Waals surface area contributed by atoms with Crippen molar-refractivity contribution in [3.05, 3.63) is 29.5 Å². The van der Waals surface area contributed by atoms with Gasteiger partial charge in [-0.15, -0.1) is 0 Å². The summed E-state index contributed by atoms with van der Waals surface area (Å²) < 4.78 is 1.37. The third-order valence-electron chi connectivity index (χ3n) is 1.89. The van der Waals surface area contributed by atoms with E-state index < -0.39 is 0 Å². The molecule has 0 amide bonds. The molecule has 1 N–H and O–H groups in total. The van der Waals surface area contributed by atoms with Gasteiger partial charge >= 0.3 is 0 Å². The van der Waals surface area contributed by atoms with Crippen LogP contribution in [0.4, 0.5) is 0 Å². The maximum atomic E-state index is 9.33. The first-order valence-corrected chi connectivity index (χ1v) is 4.40. The molecule has 2 aromatic rings. The van der Waals surface area contributed by atoms with Crippen LogP contribution in [0.25, 0.3) is 11.3 Å². The number of aryl methyl sites for hydroxylation is 1. The smallest absolute Gasteiger partial charge is 0.209 e. The molecule has 72 valence electrons. The van der Waals surface area contributed by atoms with E-state index in [2.05, 4.69) is 10.1 Å². The van der Waals surface area contributed by atoms with Crippen molar-refractivity contribution in [1.29, 1.82) is 0 Å². The van der Waals surface area contributed by atoms with Crippen molar-refractivity contribution < 1.29 is 5.11 Å². The zero-order valence-electron chi connectivity index (χ0n) is 7.48. The molecule has 14 heavy (non-hydrogen) atoms. The van der Waals surface area contributed by atoms with Crippen LogP contribution in [0.3, 0.4) is 0 Å². The minimum absolute atomic E-state index is 0.0971. The van der Waals surface area contributed by atoms with Crippen LogP contribution in [0.1, 0.15) is 0 Å². The maximum Gasteiger partial charge on any atom is 0.209 e. The lowest BCUT2D eigenvalue weighted by molar-refractivity contribution is 0.419. The molecule has 0 bridgehead atoms. The van der Waals surface area contributed by atoms with Gasteiger partial charge in [-0.05, 0) is 12.1 Å². The first-order valence-electron chi connectivity index (χ1n) is 4.02. The minimum atomic E-state index is 0.0971. The zero-order chi connectivity index (χ0) is 10.1. The van der Waals surface area contributed by atoms with Gasteiger partial charge in [0.25, 0.3) is 0 Å². The highest BCUT2D eigenvalue weighted by Crippen LogP contribution is 2.26. The van der Waals surface area contributed by atoms with Gasteiger partial charge in [-0.25, -0.2) is 9.67 Å². The number of halogens is 1. The van der Waals surface area contributed by atoms with Gasteiger partial charge in [-0.2, -0.15) is 5.10 Å². The van der Waals surface area contributed by atoms with Crippen LogP contribution < -0.4 is 0 Å². The van der Waals surface area contributed by atoms with Crippen molar-refractivity contribution >= 4 is 11.6 Å². The molecule has 0 spiro atoms. The Morgan fingerprint density at radius 1 is 1.50 bits per heavy atom. The van der Waals surface area contributed by atoms with Gasteiger partial charge in [0.2, 0.25) is 5.88 Å². The summed E-state index contributed by atoms with van der Waals surface area (Å²) in [6.07, 6.45) is 1.61. The molecule has 2 aromatic heterocycles. The highest BCUT2D eigenvalue weighted by atomic mass is 35.5. The van der Waals surface area contributed by atoms with Crippen LogP contribution in [0.5, 0.6) is 5.88 Å². The number of hydrogen-bond acceptors (Lipinski definition) is 3. The number of rotatable bonds is 1. The maximum absolute atomic E-state index is 9.33. The van der Waals surface area contributed by atoms with E-state index in [9.17, 15) is 5.11 Å². The fourth-order valence-corrected chi connectivity index (χ4v) is 1.38. The van der Waals surface area contributed by atoms with E-state index in [0.717, 1.165) is 0 Å². The van der Waals surface area contributed by atoms with Crippen molar-refractivity contribution in [1.82, 2.24) is 14.8 Å². The fraction of sp³-hybridized carbons (Fsp3) is 0.111. The highest BCUT2D eigenvalue weighted by Gasteiger charge is 2.09. The van der Waals surface area contributed by atoms with E-state index in [1.54, 1.807) is 31.4 Å². The van der Waals surface area contributed by atoms with E-state index in [4.69, 9.17) is 11.6 Å². The lowest BCUT2D eigenvalue weighted by Crippen LogP contribution is -1.90. The minimum Gasteiger partial charge on any atom is -0.493 e. The van der Waals surface area contributed by atoms with Crippen molar-refractivity contribution in [2.24, 2.45) is 7.05 Å². The van der Waals surface area contributed by atoms with E-state index in [1.165, 1.54) is 4.68 Å². The Kier molecular flexibility index (Phi) is 2.13. The Morgan fingerprint density at radius 3 is 2.86 bits per heavy atom. The molecule has 0 radical (unpaired) electrons. The van der Waals surface area contributed by atoms with Crippen LogP contribution in [-0.4, -0.2) is 19.9 Å². The van der Waals surface area contributed by atoms with Crippen molar-refractivity contribution in [2.75, 3.05) is 0 Å². The third kappa shape index (κ3) is 1.44. The average Bonchev–Trinajstić information content (AvgIpc) is 2.48. The number of aromatic hydroxyl groups is 1. The summed E-state index contributed by atoms with van der Waals surface area (Å²) >= 11 is 5.88. The van der Waals surface area contributed by atoms with Crippen molar-refractivity contribution in [2.45, 2.75) is 0 Å². The van der Waals surface area contributed by atoms with Crippen molar-refractivity contribution in [3.8, 4) is 17.1 Å². The summed E-state index contributed by atoms with van der Waals surface area (Å²) in [5.74, 6) is 0.0971. The van der Waals surface area contributed by atoms with Crippen LogP contribution in [0, 0.1) is 0 Å². The summed E-state index contributed by atoms with van der Waals surface area (Å²) in [6.45, 7) is 0. The Hall–Kier alpha value is -1.55. The molecule has 0 aliphatic carbocycles. The predicted octanol–water partition coefficient (Wildman–Crippen LogP) is 1.84. The second-order valence-electron chi connectivity index (χ2n) is 2.85. The van der Waals surface area contributed by atoms with E-state index >= 15 is 0 Å². The molecule has 0 aliphatic rings. The quantitative estimate of drug-likeness (QED) is 0.730. The largest absolute Gasteiger partial charge is 0.493 e. The van der Waals surface area contributed by atoms with Crippen LogP contribution in [-0.2, 0) is 7.05 Å². The molecular formula is C9H8ClN3O. The fourth-order valence-electron chi connectivity index (χ4n) is 1.17. The van der Waals surface area contributed by atoms with Gasteiger partial charge in [0.05, 0.1) is 5.69 Å². The first kappa shape index (κ1) is 9.02. The summed E-state index contributed by atoms with van der Waals surface area (Å²) in [5, 5.41) is 13.8. The number of aromatic nitrogens is 3. The number of pyridine rings is 1. The highest BCUT2D eigenvalue weighted by molar-refractivity contribution is 6.32. The standard InChI is InChI=1S/C9H8ClN3O/c1-13-8(14)5-7(12-13)6-3-2-4-11-9(6)10/h2-5,14H,1H3. The molecule has 0 saturated carbocycles. The summed E-state index contributed by atoms with van der Waals surface area (Å²) in [7, 11) is 1.66. The normalized spacial score (nSPS) is 10.4. The molecule has 0 fully saturated rings. The Bertz CT molecular complexity index is 447. The van der Waals surface area contributed by atoms with Crippen molar-refractivity contribution in [3.63, 3.8) is 0 Å². The predicted molar refractivity (Wildman–Crippen MR) is 53.1 cm³/mol. The molecule has 0 aromatic carbocycles. The molecule has 5 heteroatoms. The monoisotopic (exact) mass is 209 g/mol. The lowest BCUT2D eigenvalue weighted by atomic mass is 10.2. The topological polar surface area (TPSA) is 50.9 Å². The first-order chi connectivity index (χ1) is 6.68. The third-order valence-corrected chi connectivity index (χ3v) is 2.19. The van der Waals surface area contributed by atoms with Gasteiger partial charge in [0.1, 0.15) is 5.15 Å². The lowest BCUT2D eigenvalue weighted by Gasteiger charge is -1.96. The Labute approximate surface area is 85.8 Å². The molecule has 2 rings (SSSR count). The molecule has 0 saturated heterocycles. The average molecular weight is 210 g/mol. The van der Waals surface area contributed by atoms with E-state index in [0.29, 0.717) is 16.4 Å². The van der Waals surface area contributed by atoms with Crippen LogP contribution in [0.2, 0.25) is 5.15 Å². The molecule has 4 nitrogen and oxygen atoms in total. The summed E-state index contributed by atoms with van der Waals surface area (Å²) in [4.78, 5) is 3.93. The van der Waals surface area contributed by atoms with E-state index in [1.807, 2.05) is 0 Å². The van der Waals surface area contributed by atoms with Gasteiger partial charge < -0.3 is 5.11 Å². The van der Waals surface area contributed by atoms with Gasteiger partial charge in [-0.3, -0.25) is 0 Å². The van der Waals surface area contributed by atoms with E-state index in [-0.39, 0.29) is 5.88 Å². The summed E-state index contributed by atoms with van der Waals surface area (Å²) in [5.41, 5.74) is 1.33. The van der Waals surface area contributed by atoms with Gasteiger partial charge in [0.15, 0.2) is 0 Å². The second kappa shape index (κ2) is 3.31. The Balaban J connectivity index is 2.55. The summed E-state index contributed by atoms with van der Waals surface area (Å²) in [6, 6.07) is 5.12. The molecule has 0 aliphatic heterocycles. The molecule has 2 heterocycles. The SMILES string of the molecule is Cn1nc(-c2cccnc2Cl)cc1O.